The van der Waals surface area contributed by atoms with Gasteiger partial charge in [0.1, 0.15) is 5.82 Å². The number of aromatic amines is 1. The van der Waals surface area contributed by atoms with Crippen molar-refractivity contribution in [2.45, 2.75) is 33.7 Å². The van der Waals surface area contributed by atoms with Gasteiger partial charge >= 0.3 is 0 Å². The Labute approximate surface area is 177 Å². The van der Waals surface area contributed by atoms with Gasteiger partial charge in [-0.15, -0.1) is 0 Å². The molecule has 6 nitrogen and oxygen atoms in total. The minimum Gasteiger partial charge on any atom is -0.378 e. The number of ether oxygens (including phenoxy) is 1. The summed E-state index contributed by atoms with van der Waals surface area (Å²) in [5.74, 6) is 0.909. The van der Waals surface area contributed by atoms with Crippen LogP contribution < -0.4 is 10.2 Å². The van der Waals surface area contributed by atoms with Gasteiger partial charge in [0.05, 0.1) is 30.3 Å². The van der Waals surface area contributed by atoms with Crippen molar-refractivity contribution in [2.24, 2.45) is 5.92 Å². The fourth-order valence-corrected chi connectivity index (χ4v) is 4.02. The third kappa shape index (κ3) is 4.19. The molecule has 1 aliphatic heterocycles. The summed E-state index contributed by atoms with van der Waals surface area (Å²) in [7, 11) is 0. The van der Waals surface area contributed by atoms with E-state index in [1.165, 1.54) is 11.3 Å². The number of nitrogens with zero attached hydrogens (tertiary/aromatic N) is 2. The van der Waals surface area contributed by atoms with Gasteiger partial charge in [-0.25, -0.2) is 4.98 Å². The number of hydrogen-bond acceptors (Lipinski definition) is 4. The Morgan fingerprint density at radius 1 is 1.13 bits per heavy atom. The molecule has 0 aliphatic carbocycles. The number of H-pyrrole nitrogens is 1. The van der Waals surface area contributed by atoms with Gasteiger partial charge < -0.3 is 19.9 Å². The second kappa shape index (κ2) is 8.48. The SMILES string of the molecule is Cc1ccc2nc([C@@H](NC(=O)c3ccc(N4CCOCC4)c(C)c3)C(C)C)[nH]c2c1. The highest BCUT2D eigenvalue weighted by molar-refractivity contribution is 5.95. The van der Waals surface area contributed by atoms with E-state index in [1.807, 2.05) is 24.3 Å². The number of morpholine rings is 1. The lowest BCUT2D eigenvalue weighted by atomic mass is 10.0. The third-order valence-electron chi connectivity index (χ3n) is 5.71. The molecule has 3 aromatic rings. The molecule has 0 radical (unpaired) electrons. The van der Waals surface area contributed by atoms with E-state index in [4.69, 9.17) is 9.72 Å². The number of carbonyl (C=O) groups is 1. The zero-order chi connectivity index (χ0) is 21.3. The predicted octanol–water partition coefficient (Wildman–Crippen LogP) is 4.14. The van der Waals surface area contributed by atoms with Crippen LogP contribution in [0.15, 0.2) is 36.4 Å². The smallest absolute Gasteiger partial charge is 0.251 e. The molecule has 1 amide bonds. The Morgan fingerprint density at radius 3 is 2.60 bits per heavy atom. The van der Waals surface area contributed by atoms with Gasteiger partial charge in [-0.1, -0.05) is 19.9 Å². The maximum atomic E-state index is 13.1. The van der Waals surface area contributed by atoms with Gasteiger partial charge in [0.15, 0.2) is 0 Å². The Hall–Kier alpha value is -2.86. The molecule has 0 unspecified atom stereocenters. The fourth-order valence-electron chi connectivity index (χ4n) is 4.02. The highest BCUT2D eigenvalue weighted by atomic mass is 16.5. The zero-order valence-electron chi connectivity index (χ0n) is 18.2. The van der Waals surface area contributed by atoms with Crippen LogP contribution in [0.25, 0.3) is 11.0 Å². The van der Waals surface area contributed by atoms with Crippen LogP contribution >= 0.6 is 0 Å². The molecule has 1 atom stereocenters. The molecule has 2 heterocycles. The van der Waals surface area contributed by atoms with Gasteiger partial charge in [0.2, 0.25) is 0 Å². The maximum Gasteiger partial charge on any atom is 0.251 e. The van der Waals surface area contributed by atoms with Crippen molar-refractivity contribution in [1.29, 1.82) is 0 Å². The molecule has 1 aromatic heterocycles. The number of amides is 1. The molecule has 4 rings (SSSR count). The molecule has 1 aliphatic rings. The summed E-state index contributed by atoms with van der Waals surface area (Å²) in [6.45, 7) is 11.6. The summed E-state index contributed by atoms with van der Waals surface area (Å²) < 4.78 is 5.44. The van der Waals surface area contributed by atoms with Crippen molar-refractivity contribution in [3.8, 4) is 0 Å². The monoisotopic (exact) mass is 406 g/mol. The molecule has 0 bridgehead atoms. The van der Waals surface area contributed by atoms with Crippen molar-refractivity contribution in [2.75, 3.05) is 31.2 Å². The number of fused-ring (bicyclic) bond motifs is 1. The van der Waals surface area contributed by atoms with E-state index in [9.17, 15) is 4.79 Å². The summed E-state index contributed by atoms with van der Waals surface area (Å²) in [4.78, 5) is 23.5. The fraction of sp³-hybridized carbons (Fsp3) is 0.417. The number of nitrogens with one attached hydrogen (secondary N) is 2. The van der Waals surface area contributed by atoms with Crippen LogP contribution in [0.4, 0.5) is 5.69 Å². The number of aryl methyl sites for hydroxylation is 2. The Balaban J connectivity index is 1.54. The van der Waals surface area contributed by atoms with Crippen LogP contribution in [-0.2, 0) is 4.74 Å². The second-order valence-electron chi connectivity index (χ2n) is 8.44. The molecular formula is C24H30N4O2. The Morgan fingerprint density at radius 2 is 1.90 bits per heavy atom. The molecule has 30 heavy (non-hydrogen) atoms. The largest absolute Gasteiger partial charge is 0.378 e. The van der Waals surface area contributed by atoms with Gasteiger partial charge in [-0.2, -0.15) is 0 Å². The molecule has 2 aromatic carbocycles. The van der Waals surface area contributed by atoms with E-state index in [0.717, 1.165) is 48.7 Å². The van der Waals surface area contributed by atoms with Crippen LogP contribution in [-0.4, -0.2) is 42.2 Å². The molecule has 2 N–H and O–H groups in total. The lowest BCUT2D eigenvalue weighted by Gasteiger charge is -2.30. The van der Waals surface area contributed by atoms with Gasteiger partial charge in [-0.3, -0.25) is 4.79 Å². The summed E-state index contributed by atoms with van der Waals surface area (Å²) in [5, 5.41) is 3.18. The molecule has 6 heteroatoms. The highest BCUT2D eigenvalue weighted by Crippen LogP contribution is 2.25. The van der Waals surface area contributed by atoms with E-state index in [-0.39, 0.29) is 17.9 Å². The van der Waals surface area contributed by atoms with Gasteiger partial charge in [-0.05, 0) is 61.2 Å². The maximum absolute atomic E-state index is 13.1. The lowest BCUT2D eigenvalue weighted by molar-refractivity contribution is 0.0923. The van der Waals surface area contributed by atoms with Crippen molar-refractivity contribution >= 4 is 22.6 Å². The van der Waals surface area contributed by atoms with Crippen LogP contribution in [0.1, 0.15) is 47.2 Å². The number of benzene rings is 2. The normalized spacial score (nSPS) is 15.6. The molecule has 0 spiro atoms. The average molecular weight is 407 g/mol. The first-order valence-corrected chi connectivity index (χ1v) is 10.6. The standard InChI is InChI=1S/C24H30N4O2/c1-15(2)22(23-25-19-7-5-16(3)13-20(19)26-23)27-24(29)18-6-8-21(17(4)14-18)28-9-11-30-12-10-28/h5-8,13-15,22H,9-12H2,1-4H3,(H,25,26)(H,27,29)/t22-/m0/s1. The molecule has 1 saturated heterocycles. The topological polar surface area (TPSA) is 70.2 Å². The zero-order valence-corrected chi connectivity index (χ0v) is 18.2. The third-order valence-corrected chi connectivity index (χ3v) is 5.71. The number of hydrogen-bond donors (Lipinski definition) is 2. The first kappa shape index (κ1) is 20.4. The quantitative estimate of drug-likeness (QED) is 0.668. The summed E-state index contributed by atoms with van der Waals surface area (Å²) in [6, 6.07) is 11.9. The van der Waals surface area contributed by atoms with Crippen LogP contribution in [0.3, 0.4) is 0 Å². The molecule has 1 fully saturated rings. The van der Waals surface area contributed by atoms with Gasteiger partial charge in [0.25, 0.3) is 5.91 Å². The summed E-state index contributed by atoms with van der Waals surface area (Å²) in [6.07, 6.45) is 0. The predicted molar refractivity (Wildman–Crippen MR) is 120 cm³/mol. The number of aromatic nitrogens is 2. The van der Waals surface area contributed by atoms with Gasteiger partial charge in [0, 0.05) is 24.3 Å². The van der Waals surface area contributed by atoms with E-state index in [1.54, 1.807) is 0 Å². The Bertz CT molecular complexity index is 1050. The molecule has 158 valence electrons. The van der Waals surface area contributed by atoms with Crippen molar-refractivity contribution in [1.82, 2.24) is 15.3 Å². The van der Waals surface area contributed by atoms with Crippen molar-refractivity contribution < 1.29 is 9.53 Å². The van der Waals surface area contributed by atoms with E-state index >= 15 is 0 Å². The van der Waals surface area contributed by atoms with E-state index < -0.39 is 0 Å². The minimum absolute atomic E-state index is 0.0815. The van der Waals surface area contributed by atoms with Crippen LogP contribution in [0.2, 0.25) is 0 Å². The van der Waals surface area contributed by atoms with Crippen molar-refractivity contribution in [3.05, 3.63) is 58.9 Å². The lowest BCUT2D eigenvalue weighted by Crippen LogP contribution is -2.36. The highest BCUT2D eigenvalue weighted by Gasteiger charge is 2.23. The van der Waals surface area contributed by atoms with E-state index in [2.05, 4.69) is 55.0 Å². The summed E-state index contributed by atoms with van der Waals surface area (Å²) >= 11 is 0. The van der Waals surface area contributed by atoms with Crippen LogP contribution in [0, 0.1) is 19.8 Å². The van der Waals surface area contributed by atoms with Crippen molar-refractivity contribution in [3.63, 3.8) is 0 Å². The first-order chi connectivity index (χ1) is 14.4. The number of anilines is 1. The minimum atomic E-state index is -0.190. The van der Waals surface area contributed by atoms with E-state index in [0.29, 0.717) is 5.56 Å². The van der Waals surface area contributed by atoms with Crippen LogP contribution in [0.5, 0.6) is 0 Å². The Kier molecular flexibility index (Phi) is 5.77. The molecular weight excluding hydrogens is 376 g/mol. The first-order valence-electron chi connectivity index (χ1n) is 10.6. The second-order valence-corrected chi connectivity index (χ2v) is 8.44. The number of carbonyl (C=O) groups excluding carboxylic acids is 1. The molecule has 0 saturated carbocycles. The number of rotatable bonds is 5. The summed E-state index contributed by atoms with van der Waals surface area (Å²) in [5.41, 5.74) is 6.03. The average Bonchev–Trinajstić information content (AvgIpc) is 3.14. The number of imidazole rings is 1.